The Morgan fingerprint density at radius 3 is 2.53 bits per heavy atom. The van der Waals surface area contributed by atoms with Crippen LogP contribution in [0.3, 0.4) is 0 Å². The third-order valence-electron chi connectivity index (χ3n) is 3.63. The minimum Gasteiger partial charge on any atom is -0.390 e. The number of rotatable bonds is 3. The van der Waals surface area contributed by atoms with Crippen LogP contribution in [0, 0.1) is 0 Å². The largest absolute Gasteiger partial charge is 0.390 e. The Kier molecular flexibility index (Phi) is 3.76. The summed E-state index contributed by atoms with van der Waals surface area (Å²) in [5.41, 5.74) is 6.58. The van der Waals surface area contributed by atoms with Gasteiger partial charge in [0.25, 0.3) is 0 Å². The average Bonchev–Trinajstić information content (AvgIpc) is 2.33. The number of likely N-dealkylation sites (tertiary alicyclic amines) is 1. The Labute approximate surface area is 102 Å². The van der Waals surface area contributed by atoms with Crippen LogP contribution in [-0.4, -0.2) is 40.2 Å². The average molecular weight is 235 g/mol. The number of nitrogens with two attached hydrogens (primary N) is 1. The van der Waals surface area contributed by atoms with E-state index >= 15 is 0 Å². The Balaban J connectivity index is 2.05. The first kappa shape index (κ1) is 12.5. The summed E-state index contributed by atoms with van der Waals surface area (Å²) in [6.07, 6.45) is 5.24. The molecule has 17 heavy (non-hydrogen) atoms. The van der Waals surface area contributed by atoms with Gasteiger partial charge in [-0.1, -0.05) is 0 Å². The number of nitrogens with zero attached hydrogens (tertiary/aromatic N) is 2. The summed E-state index contributed by atoms with van der Waals surface area (Å²) >= 11 is 0. The fourth-order valence-electron chi connectivity index (χ4n) is 2.40. The van der Waals surface area contributed by atoms with Crippen LogP contribution in [0.2, 0.25) is 0 Å². The highest BCUT2D eigenvalue weighted by Crippen LogP contribution is 2.27. The summed E-state index contributed by atoms with van der Waals surface area (Å²) < 4.78 is 0. The molecular formula is C13H21N3O. The second-order valence-electron chi connectivity index (χ2n) is 5.06. The standard InChI is InChI=1S/C13H21N3O/c1-13(17)4-8-16(9-5-13)12(10-14)11-2-6-15-7-3-11/h2-3,6-7,12,17H,4-5,8-10,14H2,1H3. The highest BCUT2D eigenvalue weighted by Gasteiger charge is 2.30. The van der Waals surface area contributed by atoms with Gasteiger partial charge in [0.05, 0.1) is 5.60 Å². The second kappa shape index (κ2) is 5.12. The minimum atomic E-state index is -0.506. The first-order valence-corrected chi connectivity index (χ1v) is 6.19. The van der Waals surface area contributed by atoms with Crippen LogP contribution in [0.25, 0.3) is 0 Å². The van der Waals surface area contributed by atoms with Gasteiger partial charge >= 0.3 is 0 Å². The quantitative estimate of drug-likeness (QED) is 0.818. The monoisotopic (exact) mass is 235 g/mol. The molecule has 4 nitrogen and oxygen atoms in total. The zero-order chi connectivity index (χ0) is 12.3. The van der Waals surface area contributed by atoms with E-state index in [1.165, 1.54) is 5.56 Å². The second-order valence-corrected chi connectivity index (χ2v) is 5.06. The number of hydrogen-bond donors (Lipinski definition) is 2. The SMILES string of the molecule is CC1(O)CCN(C(CN)c2ccncc2)CC1. The summed E-state index contributed by atoms with van der Waals surface area (Å²) in [6, 6.07) is 4.28. The molecule has 94 valence electrons. The van der Waals surface area contributed by atoms with Gasteiger partial charge < -0.3 is 10.8 Å². The van der Waals surface area contributed by atoms with Crippen LogP contribution in [0.5, 0.6) is 0 Å². The first-order valence-electron chi connectivity index (χ1n) is 6.19. The molecule has 1 aliphatic heterocycles. The molecular weight excluding hydrogens is 214 g/mol. The van der Waals surface area contributed by atoms with Crippen molar-refractivity contribution in [2.75, 3.05) is 19.6 Å². The van der Waals surface area contributed by atoms with Gasteiger partial charge in [0.1, 0.15) is 0 Å². The van der Waals surface area contributed by atoms with Crippen LogP contribution in [-0.2, 0) is 0 Å². The van der Waals surface area contributed by atoms with Crippen LogP contribution in [0.15, 0.2) is 24.5 Å². The lowest BCUT2D eigenvalue weighted by Gasteiger charge is -2.40. The van der Waals surface area contributed by atoms with Crippen molar-refractivity contribution < 1.29 is 5.11 Å². The molecule has 0 spiro atoms. The van der Waals surface area contributed by atoms with E-state index in [0.29, 0.717) is 6.54 Å². The number of aliphatic hydroxyl groups is 1. The Morgan fingerprint density at radius 1 is 1.41 bits per heavy atom. The van der Waals surface area contributed by atoms with Crippen molar-refractivity contribution in [2.45, 2.75) is 31.4 Å². The minimum absolute atomic E-state index is 0.245. The van der Waals surface area contributed by atoms with E-state index in [9.17, 15) is 5.11 Å². The highest BCUT2D eigenvalue weighted by molar-refractivity contribution is 5.16. The van der Waals surface area contributed by atoms with Gasteiger partial charge in [-0.3, -0.25) is 9.88 Å². The van der Waals surface area contributed by atoms with Crippen LogP contribution in [0.1, 0.15) is 31.4 Å². The highest BCUT2D eigenvalue weighted by atomic mass is 16.3. The third-order valence-corrected chi connectivity index (χ3v) is 3.63. The van der Waals surface area contributed by atoms with Gasteiger partial charge in [0, 0.05) is 38.1 Å². The summed E-state index contributed by atoms with van der Waals surface area (Å²) in [4.78, 5) is 6.39. The van der Waals surface area contributed by atoms with Crippen molar-refractivity contribution in [3.8, 4) is 0 Å². The third kappa shape index (κ3) is 3.03. The summed E-state index contributed by atoms with van der Waals surface area (Å²) in [7, 11) is 0. The molecule has 2 heterocycles. The van der Waals surface area contributed by atoms with Gasteiger partial charge in [-0.15, -0.1) is 0 Å². The fourth-order valence-corrected chi connectivity index (χ4v) is 2.40. The maximum absolute atomic E-state index is 9.95. The van der Waals surface area contributed by atoms with Gasteiger partial charge in [-0.25, -0.2) is 0 Å². The van der Waals surface area contributed by atoms with Crippen molar-refractivity contribution >= 4 is 0 Å². The number of piperidine rings is 1. The van der Waals surface area contributed by atoms with Gasteiger partial charge in [-0.2, -0.15) is 0 Å². The van der Waals surface area contributed by atoms with Crippen LogP contribution < -0.4 is 5.73 Å². The summed E-state index contributed by atoms with van der Waals surface area (Å²) in [5, 5.41) is 9.95. The van der Waals surface area contributed by atoms with Gasteiger partial charge in [0.15, 0.2) is 0 Å². The molecule has 1 aliphatic rings. The Bertz CT molecular complexity index is 343. The predicted molar refractivity (Wildman–Crippen MR) is 67.5 cm³/mol. The summed E-state index contributed by atoms with van der Waals surface area (Å²) in [6.45, 7) is 4.31. The molecule has 4 heteroatoms. The molecule has 1 unspecified atom stereocenters. The summed E-state index contributed by atoms with van der Waals surface area (Å²) in [5.74, 6) is 0. The molecule has 1 saturated heterocycles. The van der Waals surface area contributed by atoms with Crippen molar-refractivity contribution in [2.24, 2.45) is 5.73 Å². The van der Waals surface area contributed by atoms with Crippen LogP contribution >= 0.6 is 0 Å². The molecule has 0 saturated carbocycles. The molecule has 0 aliphatic carbocycles. The Hall–Kier alpha value is -0.970. The van der Waals surface area contributed by atoms with Crippen molar-refractivity contribution in [1.29, 1.82) is 0 Å². The Morgan fingerprint density at radius 2 is 2.00 bits per heavy atom. The number of aromatic nitrogens is 1. The molecule has 0 aromatic carbocycles. The van der Waals surface area contributed by atoms with E-state index in [0.717, 1.165) is 25.9 Å². The van der Waals surface area contributed by atoms with E-state index in [-0.39, 0.29) is 6.04 Å². The number of pyridine rings is 1. The fraction of sp³-hybridized carbons (Fsp3) is 0.615. The predicted octanol–water partition coefficient (Wildman–Crippen LogP) is 0.928. The van der Waals surface area contributed by atoms with E-state index in [1.807, 2.05) is 19.1 Å². The molecule has 1 aromatic heterocycles. The van der Waals surface area contributed by atoms with E-state index in [2.05, 4.69) is 9.88 Å². The van der Waals surface area contributed by atoms with E-state index in [1.54, 1.807) is 12.4 Å². The maximum Gasteiger partial charge on any atom is 0.0644 e. The molecule has 3 N–H and O–H groups in total. The van der Waals surface area contributed by atoms with Crippen LogP contribution in [0.4, 0.5) is 0 Å². The molecule has 0 bridgehead atoms. The zero-order valence-electron chi connectivity index (χ0n) is 10.3. The zero-order valence-corrected chi connectivity index (χ0v) is 10.3. The lowest BCUT2D eigenvalue weighted by molar-refractivity contribution is -0.0160. The molecule has 0 radical (unpaired) electrons. The van der Waals surface area contributed by atoms with E-state index < -0.39 is 5.60 Å². The van der Waals surface area contributed by atoms with Gasteiger partial charge in [-0.05, 0) is 37.5 Å². The topological polar surface area (TPSA) is 62.4 Å². The molecule has 2 rings (SSSR count). The number of hydrogen-bond acceptors (Lipinski definition) is 4. The molecule has 1 atom stereocenters. The first-order chi connectivity index (χ1) is 8.12. The van der Waals surface area contributed by atoms with E-state index in [4.69, 9.17) is 5.73 Å². The normalized spacial score (nSPS) is 22.3. The molecule has 1 aromatic rings. The van der Waals surface area contributed by atoms with Crippen molar-refractivity contribution in [3.05, 3.63) is 30.1 Å². The molecule has 0 amide bonds. The van der Waals surface area contributed by atoms with Crippen molar-refractivity contribution in [3.63, 3.8) is 0 Å². The maximum atomic E-state index is 9.95. The van der Waals surface area contributed by atoms with Crippen molar-refractivity contribution in [1.82, 2.24) is 9.88 Å². The smallest absolute Gasteiger partial charge is 0.0644 e. The van der Waals surface area contributed by atoms with Gasteiger partial charge in [0.2, 0.25) is 0 Å². The molecule has 1 fully saturated rings. The lowest BCUT2D eigenvalue weighted by atomic mass is 9.92. The lowest BCUT2D eigenvalue weighted by Crippen LogP contribution is -2.45.